The van der Waals surface area contributed by atoms with E-state index in [1.54, 1.807) is 0 Å². The first kappa shape index (κ1) is 27.6. The lowest BCUT2D eigenvalue weighted by Gasteiger charge is -2.42. The molecule has 4 aromatic rings. The van der Waals surface area contributed by atoms with E-state index in [2.05, 4.69) is 48.2 Å². The number of piperidine rings is 1. The van der Waals surface area contributed by atoms with Gasteiger partial charge in [-0.25, -0.2) is 18.4 Å². The molecule has 0 bridgehead atoms. The summed E-state index contributed by atoms with van der Waals surface area (Å²) in [5.41, 5.74) is 2.75. The lowest BCUT2D eigenvalue weighted by molar-refractivity contribution is 0.0981. The Balaban J connectivity index is 1.07. The van der Waals surface area contributed by atoms with Crippen molar-refractivity contribution in [2.24, 2.45) is 7.05 Å². The van der Waals surface area contributed by atoms with E-state index in [4.69, 9.17) is 16.7 Å². The van der Waals surface area contributed by atoms with E-state index in [1.807, 2.05) is 23.9 Å². The van der Waals surface area contributed by atoms with E-state index in [1.165, 1.54) is 18.6 Å². The van der Waals surface area contributed by atoms with E-state index in [-0.39, 0.29) is 5.25 Å². The Morgan fingerprint density at radius 3 is 2.48 bits per heavy atom. The number of aryl methyl sites for hydroxylation is 1. The number of nitrogens with zero attached hydrogens (tertiary/aromatic N) is 9. The maximum Gasteiger partial charge on any atom is 0.256 e. The van der Waals surface area contributed by atoms with Crippen LogP contribution in [0.4, 0.5) is 17.5 Å². The summed E-state index contributed by atoms with van der Waals surface area (Å²) in [6.07, 6.45) is 8.07. The van der Waals surface area contributed by atoms with Gasteiger partial charge in [-0.3, -0.25) is 9.58 Å². The van der Waals surface area contributed by atoms with Crippen LogP contribution in [0.15, 0.2) is 36.8 Å². The molecule has 3 aromatic heterocycles. The van der Waals surface area contributed by atoms with Crippen LogP contribution in [0.5, 0.6) is 0 Å². The number of hydrogen-bond donors (Lipinski definition) is 1. The number of piperazine rings is 1. The van der Waals surface area contributed by atoms with Crippen LogP contribution in [0.2, 0.25) is 5.02 Å². The van der Waals surface area contributed by atoms with Crippen LogP contribution in [-0.4, -0.2) is 105 Å². The maximum absolute atomic E-state index is 12.6. The first-order valence-electron chi connectivity index (χ1n) is 14.5. The third-order valence-electron chi connectivity index (χ3n) is 8.69. The molecule has 0 amide bonds. The number of benzene rings is 1. The van der Waals surface area contributed by atoms with Gasteiger partial charge >= 0.3 is 0 Å². The quantitative estimate of drug-likeness (QED) is 0.334. The van der Waals surface area contributed by atoms with Gasteiger partial charge in [-0.15, -0.1) is 0 Å². The van der Waals surface area contributed by atoms with Gasteiger partial charge in [-0.1, -0.05) is 11.6 Å². The SMILES string of the molecule is CN1CCN(C2CCN(c3nn(C)c4cc(Nc5ncc(Cl)c(-c6cnn(S(=O)(=O)C7CC7)c6)n5)ccc34)CC2)CC1. The normalized spacial score (nSPS) is 19.5. The van der Waals surface area contributed by atoms with Crippen LogP contribution in [0.3, 0.4) is 0 Å². The standard InChI is InChI=1S/C28H35ClN10O2S/c1-35-11-13-37(14-12-35)21-7-9-38(10-8-21)27-23-6-3-20(15-25(23)36(2)34-27)32-28-30-17-24(29)26(33-28)19-16-31-39(18-19)42(40,41)22-4-5-22/h3,6,15-18,21-22H,4-5,7-14H2,1-2H3,(H,30,32,33). The van der Waals surface area contributed by atoms with Crippen LogP contribution in [-0.2, 0) is 17.1 Å². The summed E-state index contributed by atoms with van der Waals surface area (Å²) in [5, 5.41) is 13.3. The zero-order valence-electron chi connectivity index (χ0n) is 23.8. The highest BCUT2D eigenvalue weighted by Gasteiger charge is 2.38. The van der Waals surface area contributed by atoms with Crippen molar-refractivity contribution in [2.75, 3.05) is 56.5 Å². The van der Waals surface area contributed by atoms with Crippen molar-refractivity contribution in [1.29, 1.82) is 0 Å². The molecule has 14 heteroatoms. The topological polar surface area (TPSA) is 117 Å². The molecule has 7 rings (SSSR count). The summed E-state index contributed by atoms with van der Waals surface area (Å²) >= 11 is 6.41. The second kappa shape index (κ2) is 10.8. The molecule has 12 nitrogen and oxygen atoms in total. The van der Waals surface area contributed by atoms with Crippen LogP contribution < -0.4 is 10.2 Å². The molecule has 0 radical (unpaired) electrons. The van der Waals surface area contributed by atoms with Crippen molar-refractivity contribution in [3.05, 3.63) is 41.8 Å². The molecule has 1 aliphatic carbocycles. The Morgan fingerprint density at radius 2 is 1.74 bits per heavy atom. The lowest BCUT2D eigenvalue weighted by Crippen LogP contribution is -2.52. The van der Waals surface area contributed by atoms with Crippen molar-refractivity contribution in [2.45, 2.75) is 37.0 Å². The molecule has 1 N–H and O–H groups in total. The van der Waals surface area contributed by atoms with Crippen LogP contribution >= 0.6 is 11.6 Å². The second-order valence-electron chi connectivity index (χ2n) is 11.6. The fourth-order valence-electron chi connectivity index (χ4n) is 6.02. The first-order valence-corrected chi connectivity index (χ1v) is 16.4. The molecule has 42 heavy (non-hydrogen) atoms. The van der Waals surface area contributed by atoms with E-state index in [9.17, 15) is 8.42 Å². The average Bonchev–Trinajstić information content (AvgIpc) is 3.66. The lowest BCUT2D eigenvalue weighted by atomic mass is 10.0. The van der Waals surface area contributed by atoms with Crippen molar-refractivity contribution >= 4 is 50.0 Å². The summed E-state index contributed by atoms with van der Waals surface area (Å²) in [6.45, 7) is 6.63. The van der Waals surface area contributed by atoms with Crippen molar-refractivity contribution in [3.63, 3.8) is 0 Å². The molecule has 3 aliphatic rings. The smallest absolute Gasteiger partial charge is 0.256 e. The van der Waals surface area contributed by atoms with E-state index in [0.29, 0.717) is 41.1 Å². The van der Waals surface area contributed by atoms with Gasteiger partial charge < -0.3 is 15.1 Å². The number of likely N-dealkylation sites (N-methyl/N-ethyl adjacent to an activating group) is 1. The third-order valence-corrected chi connectivity index (χ3v) is 11.0. The number of halogens is 1. The predicted octanol–water partition coefficient (Wildman–Crippen LogP) is 3.18. The van der Waals surface area contributed by atoms with Gasteiger partial charge in [-0.05, 0) is 50.9 Å². The molecule has 5 heterocycles. The molecule has 0 atom stereocenters. The minimum absolute atomic E-state index is 0.312. The Kier molecular flexibility index (Phi) is 7.08. The maximum atomic E-state index is 12.6. The molecular formula is C28H35ClN10O2S. The zero-order chi connectivity index (χ0) is 29.0. The monoisotopic (exact) mass is 610 g/mol. The number of aromatic nitrogens is 6. The summed E-state index contributed by atoms with van der Waals surface area (Å²) in [5.74, 6) is 1.37. The number of anilines is 3. The van der Waals surface area contributed by atoms with Crippen LogP contribution in [0.1, 0.15) is 25.7 Å². The highest BCUT2D eigenvalue weighted by atomic mass is 35.5. The molecule has 2 aliphatic heterocycles. The summed E-state index contributed by atoms with van der Waals surface area (Å²) in [4.78, 5) is 16.4. The Bertz CT molecular complexity index is 1720. The molecule has 0 unspecified atom stereocenters. The van der Waals surface area contributed by atoms with Gasteiger partial charge in [-0.2, -0.15) is 14.3 Å². The van der Waals surface area contributed by atoms with E-state index < -0.39 is 10.0 Å². The minimum Gasteiger partial charge on any atom is -0.355 e. The van der Waals surface area contributed by atoms with Gasteiger partial charge in [0.15, 0.2) is 5.82 Å². The summed E-state index contributed by atoms with van der Waals surface area (Å²) in [6, 6.07) is 6.79. The van der Waals surface area contributed by atoms with Crippen LogP contribution in [0, 0.1) is 0 Å². The third kappa shape index (κ3) is 5.23. The van der Waals surface area contributed by atoms with E-state index in [0.717, 1.165) is 78.6 Å². The van der Waals surface area contributed by atoms with Crippen molar-refractivity contribution < 1.29 is 8.42 Å². The largest absolute Gasteiger partial charge is 0.355 e. The summed E-state index contributed by atoms with van der Waals surface area (Å²) < 4.78 is 28.1. The molecule has 0 spiro atoms. The average molecular weight is 611 g/mol. The van der Waals surface area contributed by atoms with Gasteiger partial charge in [0.1, 0.15) is 0 Å². The minimum atomic E-state index is -3.48. The van der Waals surface area contributed by atoms with Gasteiger partial charge in [0.25, 0.3) is 10.0 Å². The van der Waals surface area contributed by atoms with Gasteiger partial charge in [0.05, 0.1) is 40.1 Å². The number of nitrogens with one attached hydrogen (secondary N) is 1. The fourth-order valence-corrected chi connectivity index (χ4v) is 7.70. The Morgan fingerprint density at radius 1 is 0.976 bits per heavy atom. The summed E-state index contributed by atoms with van der Waals surface area (Å²) in [7, 11) is 0.695. The fraction of sp³-hybridized carbons (Fsp3) is 0.500. The molecule has 1 aromatic carbocycles. The highest BCUT2D eigenvalue weighted by molar-refractivity contribution is 7.90. The van der Waals surface area contributed by atoms with Gasteiger partial charge in [0.2, 0.25) is 5.95 Å². The zero-order valence-corrected chi connectivity index (χ0v) is 25.4. The highest BCUT2D eigenvalue weighted by Crippen LogP contribution is 2.33. The molecule has 1 saturated carbocycles. The van der Waals surface area contributed by atoms with E-state index >= 15 is 0 Å². The van der Waals surface area contributed by atoms with Gasteiger partial charge in [0, 0.05) is 69.0 Å². The number of hydrogen-bond acceptors (Lipinski definition) is 10. The second-order valence-corrected chi connectivity index (χ2v) is 14.1. The Labute approximate surface area is 250 Å². The number of fused-ring (bicyclic) bond motifs is 1. The molecule has 3 fully saturated rings. The first-order chi connectivity index (χ1) is 20.3. The molecular weight excluding hydrogens is 576 g/mol. The Hall–Kier alpha value is -3.26. The van der Waals surface area contributed by atoms with Crippen molar-refractivity contribution in [3.8, 4) is 11.3 Å². The molecule has 2 saturated heterocycles. The van der Waals surface area contributed by atoms with Crippen LogP contribution in [0.25, 0.3) is 22.2 Å². The predicted molar refractivity (Wildman–Crippen MR) is 164 cm³/mol. The number of rotatable bonds is 7. The molecule has 222 valence electrons. The van der Waals surface area contributed by atoms with Crippen molar-refractivity contribution in [1.82, 2.24) is 38.7 Å².